The Labute approximate surface area is 234 Å². The molecule has 0 radical (unpaired) electrons. The number of pyridine rings is 1. The number of carbonyl (C=O) groups is 1. The molecular formula is C33H37N3O4. The molecule has 0 bridgehead atoms. The first-order chi connectivity index (χ1) is 19.3. The molecule has 1 atom stereocenters. The first kappa shape index (κ1) is 27.4. The summed E-state index contributed by atoms with van der Waals surface area (Å²) in [6, 6.07) is 13.6. The number of imidazole rings is 1. The van der Waals surface area contributed by atoms with Crippen molar-refractivity contribution in [3.8, 4) is 5.75 Å². The van der Waals surface area contributed by atoms with Crippen LogP contribution in [0.2, 0.25) is 0 Å². The fraction of sp³-hybridized carbons (Fsp3) is 0.364. The van der Waals surface area contributed by atoms with Crippen LogP contribution < -0.4 is 4.74 Å². The number of benzene rings is 2. The van der Waals surface area contributed by atoms with Crippen LogP contribution in [-0.2, 0) is 30.6 Å². The van der Waals surface area contributed by atoms with Gasteiger partial charge in [0.1, 0.15) is 22.7 Å². The Morgan fingerprint density at radius 1 is 1.00 bits per heavy atom. The highest BCUT2D eigenvalue weighted by Crippen LogP contribution is 2.34. The van der Waals surface area contributed by atoms with Crippen LogP contribution in [0.15, 0.2) is 53.1 Å². The molecular weight excluding hydrogens is 502 g/mol. The van der Waals surface area contributed by atoms with Crippen molar-refractivity contribution in [3.05, 3.63) is 88.1 Å². The zero-order chi connectivity index (χ0) is 28.4. The van der Waals surface area contributed by atoms with E-state index in [0.29, 0.717) is 23.4 Å². The van der Waals surface area contributed by atoms with Crippen LogP contribution in [0.3, 0.4) is 0 Å². The number of aromatic nitrogens is 3. The smallest absolute Gasteiger partial charge is 0.349 e. The van der Waals surface area contributed by atoms with Crippen LogP contribution in [0.4, 0.5) is 0 Å². The topological polar surface area (TPSA) is 90.4 Å². The highest BCUT2D eigenvalue weighted by atomic mass is 16.5. The maximum atomic E-state index is 12.5. The minimum absolute atomic E-state index is 0.588. The number of carboxylic acids is 1. The fourth-order valence-electron chi connectivity index (χ4n) is 5.57. The molecule has 0 amide bonds. The SMILES string of the molecule is CCCc1cc(Cn2c(CC)nc3c(C)cc(C)nc32)cc(CCC)c1OC(C(=O)O)c1ccc2occc2c1. The Bertz CT molecular complexity index is 1650. The van der Waals surface area contributed by atoms with Gasteiger partial charge in [0.2, 0.25) is 6.10 Å². The summed E-state index contributed by atoms with van der Waals surface area (Å²) in [5.41, 5.74) is 8.46. The van der Waals surface area contributed by atoms with Gasteiger partial charge in [-0.2, -0.15) is 0 Å². The van der Waals surface area contributed by atoms with Crippen LogP contribution in [-0.4, -0.2) is 25.6 Å². The van der Waals surface area contributed by atoms with E-state index in [1.54, 1.807) is 18.4 Å². The standard InChI is InChI=1S/C33H37N3O4/c1-6-9-24-16-22(19-36-28(8-3)35-29-20(4)15-21(5)34-32(29)36)17-25(10-7-2)30(24)40-31(33(37)38)26-11-12-27-23(18-26)13-14-39-27/h11-18,31H,6-10,19H2,1-5H3,(H,37,38). The van der Waals surface area contributed by atoms with Crippen molar-refractivity contribution in [2.24, 2.45) is 0 Å². The first-order valence-electron chi connectivity index (χ1n) is 14.2. The van der Waals surface area contributed by atoms with Gasteiger partial charge in [-0.15, -0.1) is 0 Å². The van der Waals surface area contributed by atoms with Crippen LogP contribution in [0.25, 0.3) is 22.1 Å². The zero-order valence-electron chi connectivity index (χ0n) is 24.0. The van der Waals surface area contributed by atoms with Gasteiger partial charge in [0.05, 0.1) is 12.8 Å². The zero-order valence-corrected chi connectivity index (χ0v) is 24.0. The van der Waals surface area contributed by atoms with E-state index < -0.39 is 12.1 Å². The highest BCUT2D eigenvalue weighted by Gasteiger charge is 2.26. The van der Waals surface area contributed by atoms with E-state index in [-0.39, 0.29) is 0 Å². The van der Waals surface area contributed by atoms with Crippen LogP contribution in [0.1, 0.15) is 79.1 Å². The predicted molar refractivity (Wildman–Crippen MR) is 157 cm³/mol. The van der Waals surface area contributed by atoms with E-state index in [4.69, 9.17) is 19.1 Å². The van der Waals surface area contributed by atoms with Gasteiger partial charge in [0.25, 0.3) is 0 Å². The third kappa shape index (κ3) is 5.33. The maximum Gasteiger partial charge on any atom is 0.349 e. The lowest BCUT2D eigenvalue weighted by Crippen LogP contribution is -2.20. The Morgan fingerprint density at radius 2 is 1.73 bits per heavy atom. The maximum absolute atomic E-state index is 12.5. The summed E-state index contributed by atoms with van der Waals surface area (Å²) in [6.45, 7) is 11.1. The number of carboxylic acid groups (broad SMARTS) is 1. The molecule has 1 unspecified atom stereocenters. The van der Waals surface area contributed by atoms with Gasteiger partial charge in [-0.1, -0.05) is 51.8 Å². The second-order valence-electron chi connectivity index (χ2n) is 10.5. The van der Waals surface area contributed by atoms with Crippen molar-refractivity contribution in [2.45, 2.75) is 79.4 Å². The molecule has 0 aliphatic carbocycles. The number of hydrogen-bond donors (Lipinski definition) is 1. The van der Waals surface area contributed by atoms with Crippen molar-refractivity contribution in [3.63, 3.8) is 0 Å². The number of furan rings is 1. The lowest BCUT2D eigenvalue weighted by Gasteiger charge is -2.22. The average Bonchev–Trinajstić information content (AvgIpc) is 3.53. The third-order valence-corrected chi connectivity index (χ3v) is 7.34. The number of aliphatic carboxylic acids is 1. The van der Waals surface area contributed by atoms with Crippen molar-refractivity contribution in [1.82, 2.24) is 14.5 Å². The molecule has 2 aromatic carbocycles. The summed E-state index contributed by atoms with van der Waals surface area (Å²) in [6.07, 6.45) is 4.69. The van der Waals surface area contributed by atoms with E-state index in [0.717, 1.165) is 82.4 Å². The molecule has 7 heteroatoms. The Kier molecular flexibility index (Phi) is 7.92. The Hall–Kier alpha value is -4.13. The van der Waals surface area contributed by atoms with E-state index >= 15 is 0 Å². The summed E-state index contributed by atoms with van der Waals surface area (Å²) in [7, 11) is 0. The van der Waals surface area contributed by atoms with Gasteiger partial charge in [-0.25, -0.2) is 14.8 Å². The van der Waals surface area contributed by atoms with E-state index in [1.165, 1.54) is 0 Å². The molecule has 3 aromatic heterocycles. The molecule has 0 spiro atoms. The normalized spacial score (nSPS) is 12.3. The molecule has 0 aliphatic rings. The number of aryl methyl sites for hydroxylation is 5. The van der Waals surface area contributed by atoms with Gasteiger partial charge >= 0.3 is 5.97 Å². The molecule has 1 N–H and O–H groups in total. The number of nitrogens with zero attached hydrogens (tertiary/aromatic N) is 3. The summed E-state index contributed by atoms with van der Waals surface area (Å²) >= 11 is 0. The Balaban J connectivity index is 1.58. The molecule has 7 nitrogen and oxygen atoms in total. The summed E-state index contributed by atoms with van der Waals surface area (Å²) in [4.78, 5) is 22.2. The molecule has 208 valence electrons. The second-order valence-corrected chi connectivity index (χ2v) is 10.5. The van der Waals surface area contributed by atoms with Gasteiger partial charge in [0.15, 0.2) is 5.65 Å². The van der Waals surface area contributed by atoms with Crippen LogP contribution >= 0.6 is 0 Å². The van der Waals surface area contributed by atoms with Gasteiger partial charge in [-0.05, 0) is 73.2 Å². The largest absolute Gasteiger partial charge is 0.478 e. The third-order valence-electron chi connectivity index (χ3n) is 7.34. The molecule has 0 saturated carbocycles. The fourth-order valence-corrected chi connectivity index (χ4v) is 5.57. The number of hydrogen-bond acceptors (Lipinski definition) is 5. The number of rotatable bonds is 11. The summed E-state index contributed by atoms with van der Waals surface area (Å²) in [5, 5.41) is 11.1. The first-order valence-corrected chi connectivity index (χ1v) is 14.2. The lowest BCUT2D eigenvalue weighted by atomic mass is 9.97. The predicted octanol–water partition coefficient (Wildman–Crippen LogP) is 7.51. The second kappa shape index (κ2) is 11.5. The lowest BCUT2D eigenvalue weighted by molar-refractivity contribution is -0.145. The molecule has 5 rings (SSSR count). The van der Waals surface area contributed by atoms with Crippen molar-refractivity contribution >= 4 is 28.1 Å². The van der Waals surface area contributed by atoms with Crippen molar-refractivity contribution in [1.29, 1.82) is 0 Å². The molecule has 0 fully saturated rings. The molecule has 5 aromatic rings. The number of ether oxygens (including phenoxy) is 1. The quantitative estimate of drug-likeness (QED) is 0.187. The van der Waals surface area contributed by atoms with E-state index in [9.17, 15) is 9.90 Å². The minimum atomic E-state index is -1.13. The monoisotopic (exact) mass is 539 g/mol. The summed E-state index contributed by atoms with van der Waals surface area (Å²) < 4.78 is 14.1. The van der Waals surface area contributed by atoms with Gasteiger partial charge in [0, 0.05) is 23.1 Å². The molecule has 3 heterocycles. The van der Waals surface area contributed by atoms with E-state index in [2.05, 4.69) is 50.5 Å². The summed E-state index contributed by atoms with van der Waals surface area (Å²) in [5.74, 6) is 0.667. The van der Waals surface area contributed by atoms with Crippen LogP contribution in [0.5, 0.6) is 5.75 Å². The molecule has 40 heavy (non-hydrogen) atoms. The molecule has 0 aliphatic heterocycles. The van der Waals surface area contributed by atoms with E-state index in [1.807, 2.05) is 19.1 Å². The van der Waals surface area contributed by atoms with Crippen LogP contribution in [0, 0.1) is 13.8 Å². The molecule has 0 saturated heterocycles. The van der Waals surface area contributed by atoms with Gasteiger partial charge in [-0.3, -0.25) is 0 Å². The highest BCUT2D eigenvalue weighted by molar-refractivity contribution is 5.81. The van der Waals surface area contributed by atoms with Gasteiger partial charge < -0.3 is 18.8 Å². The van der Waals surface area contributed by atoms with Crippen molar-refractivity contribution < 1.29 is 19.1 Å². The average molecular weight is 540 g/mol. The number of fused-ring (bicyclic) bond motifs is 2. The minimum Gasteiger partial charge on any atom is -0.478 e. The Morgan fingerprint density at radius 3 is 2.38 bits per heavy atom. The van der Waals surface area contributed by atoms with Crippen molar-refractivity contribution in [2.75, 3.05) is 0 Å².